The first kappa shape index (κ1) is 18.3. The van der Waals surface area contributed by atoms with E-state index in [0.717, 1.165) is 13.0 Å². The molecule has 0 aliphatic rings. The lowest BCUT2D eigenvalue weighted by atomic mass is 10.2. The van der Waals surface area contributed by atoms with Crippen LogP contribution in [0.25, 0.3) is 0 Å². The van der Waals surface area contributed by atoms with Crippen molar-refractivity contribution in [1.29, 1.82) is 0 Å². The Morgan fingerprint density at radius 2 is 2.05 bits per heavy atom. The predicted molar refractivity (Wildman–Crippen MR) is 87.5 cm³/mol. The molecule has 0 heterocycles. The summed E-state index contributed by atoms with van der Waals surface area (Å²) in [7, 11) is 5.28. The number of halogens is 1. The lowest BCUT2D eigenvalue weighted by molar-refractivity contribution is -0.119. The maximum Gasteiger partial charge on any atom is 0.337 e. The second-order valence-corrected chi connectivity index (χ2v) is 5.45. The van der Waals surface area contributed by atoms with Crippen LogP contribution < -0.4 is 10.6 Å². The van der Waals surface area contributed by atoms with Crippen molar-refractivity contribution >= 4 is 29.2 Å². The molecule has 0 fully saturated rings. The molecule has 1 aromatic carbocycles. The molecule has 122 valence electrons. The number of anilines is 1. The third-order valence-electron chi connectivity index (χ3n) is 2.93. The molecular formula is C15H22ClN3O3. The summed E-state index contributed by atoms with van der Waals surface area (Å²) in [6.45, 7) is 1.63. The quantitative estimate of drug-likeness (QED) is 0.560. The van der Waals surface area contributed by atoms with Gasteiger partial charge in [-0.2, -0.15) is 0 Å². The zero-order valence-corrected chi connectivity index (χ0v) is 13.9. The first-order valence-electron chi connectivity index (χ1n) is 6.97. The number of hydrogen-bond donors (Lipinski definition) is 2. The number of nitrogens with one attached hydrogen (secondary N) is 2. The van der Waals surface area contributed by atoms with Crippen LogP contribution in [0.2, 0.25) is 5.02 Å². The van der Waals surface area contributed by atoms with Gasteiger partial charge in [-0.3, -0.25) is 4.79 Å². The van der Waals surface area contributed by atoms with Crippen LogP contribution in [0.5, 0.6) is 0 Å². The molecule has 0 spiro atoms. The van der Waals surface area contributed by atoms with Crippen LogP contribution >= 0.6 is 11.6 Å². The van der Waals surface area contributed by atoms with E-state index in [-0.39, 0.29) is 12.5 Å². The van der Waals surface area contributed by atoms with Crippen molar-refractivity contribution in [1.82, 2.24) is 10.2 Å². The Labute approximate surface area is 135 Å². The number of amides is 1. The van der Waals surface area contributed by atoms with E-state index >= 15 is 0 Å². The number of rotatable bonds is 8. The number of esters is 1. The molecule has 0 aliphatic carbocycles. The summed E-state index contributed by atoms with van der Waals surface area (Å²) in [5, 5.41) is 6.17. The summed E-state index contributed by atoms with van der Waals surface area (Å²) in [6, 6.07) is 4.72. The first-order valence-corrected chi connectivity index (χ1v) is 7.35. The highest BCUT2D eigenvalue weighted by Crippen LogP contribution is 2.23. The zero-order valence-electron chi connectivity index (χ0n) is 13.1. The first-order chi connectivity index (χ1) is 10.4. The minimum Gasteiger partial charge on any atom is -0.465 e. The largest absolute Gasteiger partial charge is 0.465 e. The highest BCUT2D eigenvalue weighted by atomic mass is 35.5. The zero-order chi connectivity index (χ0) is 16.5. The number of carbonyl (C=O) groups excluding carboxylic acids is 2. The summed E-state index contributed by atoms with van der Waals surface area (Å²) >= 11 is 6.04. The number of methoxy groups -OCH3 is 1. The van der Waals surface area contributed by atoms with Gasteiger partial charge in [0.15, 0.2) is 0 Å². The van der Waals surface area contributed by atoms with Crippen molar-refractivity contribution in [2.75, 3.05) is 46.2 Å². The molecule has 1 amide bonds. The number of carbonyl (C=O) groups is 2. The second-order valence-electron chi connectivity index (χ2n) is 5.05. The Balaban J connectivity index is 2.46. The van der Waals surface area contributed by atoms with E-state index < -0.39 is 5.97 Å². The van der Waals surface area contributed by atoms with Gasteiger partial charge in [0.2, 0.25) is 5.91 Å². The molecule has 0 unspecified atom stereocenters. The third-order valence-corrected chi connectivity index (χ3v) is 3.26. The number of nitrogens with zero attached hydrogens (tertiary/aromatic N) is 1. The summed E-state index contributed by atoms with van der Waals surface area (Å²) in [6.07, 6.45) is 0.886. The van der Waals surface area contributed by atoms with E-state index in [1.165, 1.54) is 7.11 Å². The van der Waals surface area contributed by atoms with Crippen LogP contribution in [0, 0.1) is 0 Å². The van der Waals surface area contributed by atoms with E-state index in [1.807, 2.05) is 14.1 Å². The highest BCUT2D eigenvalue weighted by Gasteiger charge is 2.09. The maximum absolute atomic E-state index is 11.7. The fourth-order valence-corrected chi connectivity index (χ4v) is 1.95. The molecule has 2 N–H and O–H groups in total. The molecule has 0 aromatic heterocycles. The van der Waals surface area contributed by atoms with Crippen molar-refractivity contribution in [3.8, 4) is 0 Å². The number of hydrogen-bond acceptors (Lipinski definition) is 5. The third kappa shape index (κ3) is 6.32. The van der Waals surface area contributed by atoms with E-state index in [9.17, 15) is 9.59 Å². The Morgan fingerprint density at radius 1 is 1.32 bits per heavy atom. The Morgan fingerprint density at radius 3 is 2.68 bits per heavy atom. The van der Waals surface area contributed by atoms with Gasteiger partial charge in [-0.05, 0) is 45.3 Å². The van der Waals surface area contributed by atoms with Gasteiger partial charge in [-0.1, -0.05) is 11.6 Å². The van der Waals surface area contributed by atoms with Crippen LogP contribution in [0.3, 0.4) is 0 Å². The van der Waals surface area contributed by atoms with E-state index in [4.69, 9.17) is 11.6 Å². The summed E-state index contributed by atoms with van der Waals surface area (Å²) in [5.41, 5.74) is 0.897. The Kier molecular flexibility index (Phi) is 7.70. The van der Waals surface area contributed by atoms with Gasteiger partial charge >= 0.3 is 5.97 Å². The molecule has 0 bridgehead atoms. The molecule has 7 heteroatoms. The molecule has 0 atom stereocenters. The topological polar surface area (TPSA) is 70.7 Å². The minimum absolute atomic E-state index is 0.0896. The van der Waals surface area contributed by atoms with Gasteiger partial charge < -0.3 is 20.3 Å². The summed E-state index contributed by atoms with van der Waals surface area (Å²) in [4.78, 5) is 25.3. The van der Waals surface area contributed by atoms with Crippen LogP contribution in [0.15, 0.2) is 18.2 Å². The number of ether oxygens (including phenoxy) is 1. The molecule has 22 heavy (non-hydrogen) atoms. The van der Waals surface area contributed by atoms with Crippen LogP contribution in [0.4, 0.5) is 5.69 Å². The predicted octanol–water partition coefficient (Wildman–Crippen LogP) is 1.61. The normalized spacial score (nSPS) is 10.4. The summed E-state index contributed by atoms with van der Waals surface area (Å²) < 4.78 is 4.65. The standard InChI is InChI=1S/C15H22ClN3O3/c1-19(2)8-4-7-17-14(20)10-18-13-9-11(15(21)22-3)5-6-12(13)16/h5-6,9,18H,4,7-8,10H2,1-3H3,(H,17,20). The Bertz CT molecular complexity index is 521. The van der Waals surface area contributed by atoms with Crippen molar-refractivity contribution in [2.24, 2.45) is 0 Å². The van der Waals surface area contributed by atoms with Gasteiger partial charge in [0, 0.05) is 6.54 Å². The van der Waals surface area contributed by atoms with Crippen LogP contribution in [-0.2, 0) is 9.53 Å². The molecule has 1 aromatic rings. The fourth-order valence-electron chi connectivity index (χ4n) is 1.77. The Hall–Kier alpha value is -1.79. The second kappa shape index (κ2) is 9.27. The number of benzene rings is 1. The summed E-state index contributed by atoms with van der Waals surface area (Å²) in [5.74, 6) is -0.578. The van der Waals surface area contributed by atoms with Gasteiger partial charge in [0.25, 0.3) is 0 Å². The van der Waals surface area contributed by atoms with Crippen molar-refractivity contribution in [3.63, 3.8) is 0 Å². The molecule has 0 radical (unpaired) electrons. The molecule has 0 saturated heterocycles. The molecular weight excluding hydrogens is 306 g/mol. The lowest BCUT2D eigenvalue weighted by Gasteiger charge is -2.12. The maximum atomic E-state index is 11.7. The molecule has 6 nitrogen and oxygen atoms in total. The lowest BCUT2D eigenvalue weighted by Crippen LogP contribution is -2.32. The average molecular weight is 328 g/mol. The van der Waals surface area contributed by atoms with E-state index in [2.05, 4.69) is 20.3 Å². The smallest absolute Gasteiger partial charge is 0.337 e. The SMILES string of the molecule is COC(=O)c1ccc(Cl)c(NCC(=O)NCCCN(C)C)c1. The van der Waals surface area contributed by atoms with Crippen molar-refractivity contribution in [3.05, 3.63) is 28.8 Å². The fraction of sp³-hybridized carbons (Fsp3) is 0.467. The van der Waals surface area contributed by atoms with Gasteiger partial charge in [0.05, 0.1) is 29.9 Å². The molecule has 1 rings (SSSR count). The van der Waals surface area contributed by atoms with Crippen molar-refractivity contribution in [2.45, 2.75) is 6.42 Å². The van der Waals surface area contributed by atoms with E-state index in [1.54, 1.807) is 18.2 Å². The van der Waals surface area contributed by atoms with Crippen LogP contribution in [-0.4, -0.2) is 57.6 Å². The van der Waals surface area contributed by atoms with E-state index in [0.29, 0.717) is 22.8 Å². The van der Waals surface area contributed by atoms with Gasteiger partial charge in [-0.15, -0.1) is 0 Å². The molecule has 0 saturated carbocycles. The highest BCUT2D eigenvalue weighted by molar-refractivity contribution is 6.33. The van der Waals surface area contributed by atoms with Crippen molar-refractivity contribution < 1.29 is 14.3 Å². The minimum atomic E-state index is -0.451. The van der Waals surface area contributed by atoms with Gasteiger partial charge in [0.1, 0.15) is 0 Å². The average Bonchev–Trinajstić information content (AvgIpc) is 2.49. The molecule has 0 aliphatic heterocycles. The van der Waals surface area contributed by atoms with Gasteiger partial charge in [-0.25, -0.2) is 4.79 Å². The van der Waals surface area contributed by atoms with Crippen LogP contribution in [0.1, 0.15) is 16.8 Å². The monoisotopic (exact) mass is 327 g/mol.